The molecule has 0 saturated heterocycles. The van der Waals surface area contributed by atoms with Gasteiger partial charge in [0.05, 0.1) is 22.7 Å². The Bertz CT molecular complexity index is 399. The minimum atomic E-state index is -0.0920. The molecule has 1 unspecified atom stereocenters. The van der Waals surface area contributed by atoms with E-state index >= 15 is 0 Å². The van der Waals surface area contributed by atoms with Crippen LogP contribution in [0.1, 0.15) is 20.8 Å². The summed E-state index contributed by atoms with van der Waals surface area (Å²) in [6, 6.07) is 1.55. The second kappa shape index (κ2) is 7.02. The highest BCUT2D eigenvalue weighted by atomic mass is 35.5. The van der Waals surface area contributed by atoms with E-state index in [-0.39, 0.29) is 18.6 Å². The van der Waals surface area contributed by atoms with Gasteiger partial charge in [0.15, 0.2) is 0 Å². The van der Waals surface area contributed by atoms with Crippen LogP contribution in [0.2, 0.25) is 10.0 Å². The Kier molecular flexibility index (Phi) is 5.99. The molecular formula is C12H19Cl2N3O. The summed E-state index contributed by atoms with van der Waals surface area (Å²) in [5.41, 5.74) is 0. The second-order valence-corrected chi connectivity index (χ2v) is 5.17. The Morgan fingerprint density at radius 1 is 1.28 bits per heavy atom. The number of rotatable bonds is 6. The molecule has 6 heteroatoms. The standard InChI is InChI=1S/C12H19Cl2N3O/c1-4-15-11-8(13)5-9(14)12(17-11)16-10(6-18)7(2)3/h5,7,10,18H,4,6H2,1-3H3,(H2,15,16,17). The third-order valence-corrected chi connectivity index (χ3v) is 3.17. The van der Waals surface area contributed by atoms with Crippen LogP contribution in [-0.2, 0) is 0 Å². The lowest BCUT2D eigenvalue weighted by Gasteiger charge is -2.21. The fraction of sp³-hybridized carbons (Fsp3) is 0.583. The van der Waals surface area contributed by atoms with Crippen molar-refractivity contribution in [3.63, 3.8) is 0 Å². The van der Waals surface area contributed by atoms with E-state index in [1.807, 2.05) is 20.8 Å². The maximum atomic E-state index is 9.30. The predicted octanol–water partition coefficient (Wildman–Crippen LogP) is 3.25. The summed E-state index contributed by atoms with van der Waals surface area (Å²) in [4.78, 5) is 4.33. The predicted molar refractivity (Wildman–Crippen MR) is 77.8 cm³/mol. The molecule has 1 atom stereocenters. The van der Waals surface area contributed by atoms with Gasteiger partial charge in [-0.1, -0.05) is 37.0 Å². The zero-order valence-electron chi connectivity index (χ0n) is 10.8. The van der Waals surface area contributed by atoms with Gasteiger partial charge >= 0.3 is 0 Å². The fourth-order valence-corrected chi connectivity index (χ4v) is 1.94. The molecule has 0 saturated carbocycles. The van der Waals surface area contributed by atoms with Gasteiger partial charge in [-0.2, -0.15) is 0 Å². The summed E-state index contributed by atoms with van der Waals surface area (Å²) < 4.78 is 0. The number of aromatic nitrogens is 1. The molecule has 18 heavy (non-hydrogen) atoms. The van der Waals surface area contributed by atoms with Gasteiger partial charge in [0.25, 0.3) is 0 Å². The first-order valence-electron chi connectivity index (χ1n) is 5.96. The van der Waals surface area contributed by atoms with Crippen molar-refractivity contribution in [3.8, 4) is 0 Å². The van der Waals surface area contributed by atoms with Crippen molar-refractivity contribution in [2.75, 3.05) is 23.8 Å². The van der Waals surface area contributed by atoms with Crippen molar-refractivity contribution in [1.29, 1.82) is 0 Å². The number of nitrogens with zero attached hydrogens (tertiary/aromatic N) is 1. The zero-order valence-corrected chi connectivity index (χ0v) is 12.3. The maximum Gasteiger partial charge on any atom is 0.147 e. The number of hydrogen-bond acceptors (Lipinski definition) is 4. The lowest BCUT2D eigenvalue weighted by Crippen LogP contribution is -2.30. The van der Waals surface area contributed by atoms with Crippen LogP contribution in [0.4, 0.5) is 11.6 Å². The molecule has 0 aromatic carbocycles. The zero-order chi connectivity index (χ0) is 13.7. The summed E-state index contributed by atoms with van der Waals surface area (Å²) in [5.74, 6) is 1.39. The summed E-state index contributed by atoms with van der Waals surface area (Å²) >= 11 is 12.1. The van der Waals surface area contributed by atoms with E-state index in [9.17, 15) is 5.11 Å². The summed E-state index contributed by atoms with van der Waals surface area (Å²) in [6.45, 7) is 6.74. The van der Waals surface area contributed by atoms with Gasteiger partial charge in [0, 0.05) is 6.54 Å². The topological polar surface area (TPSA) is 57.2 Å². The van der Waals surface area contributed by atoms with E-state index in [2.05, 4.69) is 15.6 Å². The van der Waals surface area contributed by atoms with Crippen LogP contribution in [0.5, 0.6) is 0 Å². The molecule has 3 N–H and O–H groups in total. The third-order valence-electron chi connectivity index (χ3n) is 2.60. The molecule has 4 nitrogen and oxygen atoms in total. The molecule has 0 spiro atoms. The molecule has 1 aromatic heterocycles. The number of aliphatic hydroxyl groups is 1. The van der Waals surface area contributed by atoms with Gasteiger partial charge in [0.1, 0.15) is 11.6 Å². The Morgan fingerprint density at radius 2 is 1.89 bits per heavy atom. The van der Waals surface area contributed by atoms with E-state index in [0.29, 0.717) is 21.7 Å². The molecule has 0 aliphatic carbocycles. The minimum absolute atomic E-state index is 0.0227. The smallest absolute Gasteiger partial charge is 0.147 e. The molecule has 0 fully saturated rings. The van der Waals surface area contributed by atoms with Crippen molar-refractivity contribution in [2.24, 2.45) is 5.92 Å². The van der Waals surface area contributed by atoms with Gasteiger partial charge in [-0.05, 0) is 18.9 Å². The maximum absolute atomic E-state index is 9.30. The lowest BCUT2D eigenvalue weighted by molar-refractivity contribution is 0.249. The number of anilines is 2. The SMILES string of the molecule is CCNc1nc(NC(CO)C(C)C)c(Cl)cc1Cl. The highest BCUT2D eigenvalue weighted by molar-refractivity contribution is 6.37. The molecule has 1 aromatic rings. The van der Waals surface area contributed by atoms with E-state index < -0.39 is 0 Å². The monoisotopic (exact) mass is 291 g/mol. The van der Waals surface area contributed by atoms with Crippen LogP contribution < -0.4 is 10.6 Å². The molecule has 0 amide bonds. The molecule has 0 bridgehead atoms. The normalized spacial score (nSPS) is 12.6. The van der Waals surface area contributed by atoms with Crippen LogP contribution in [0.3, 0.4) is 0 Å². The molecule has 0 radical (unpaired) electrons. The Labute approximate surface area is 118 Å². The van der Waals surface area contributed by atoms with Gasteiger partial charge in [-0.15, -0.1) is 0 Å². The van der Waals surface area contributed by atoms with Crippen LogP contribution >= 0.6 is 23.2 Å². The molecule has 1 heterocycles. The summed E-state index contributed by atoms with van der Waals surface area (Å²) in [7, 11) is 0. The van der Waals surface area contributed by atoms with Gasteiger partial charge in [-0.3, -0.25) is 0 Å². The van der Waals surface area contributed by atoms with E-state index in [1.54, 1.807) is 6.07 Å². The van der Waals surface area contributed by atoms with Crippen LogP contribution in [0, 0.1) is 5.92 Å². The van der Waals surface area contributed by atoms with Crippen molar-refractivity contribution in [1.82, 2.24) is 4.98 Å². The number of pyridine rings is 1. The van der Waals surface area contributed by atoms with Crippen molar-refractivity contribution in [2.45, 2.75) is 26.8 Å². The second-order valence-electron chi connectivity index (χ2n) is 4.36. The van der Waals surface area contributed by atoms with Gasteiger partial charge in [0.2, 0.25) is 0 Å². The Balaban J connectivity index is 2.97. The highest BCUT2D eigenvalue weighted by Gasteiger charge is 2.16. The van der Waals surface area contributed by atoms with Crippen molar-refractivity contribution in [3.05, 3.63) is 16.1 Å². The van der Waals surface area contributed by atoms with Crippen LogP contribution in [-0.4, -0.2) is 29.3 Å². The highest BCUT2D eigenvalue weighted by Crippen LogP contribution is 2.29. The first-order valence-corrected chi connectivity index (χ1v) is 6.72. The van der Waals surface area contributed by atoms with E-state index in [1.165, 1.54) is 0 Å². The molecule has 0 aliphatic rings. The first-order chi connectivity index (χ1) is 8.49. The van der Waals surface area contributed by atoms with Crippen molar-refractivity contribution >= 4 is 34.8 Å². The average Bonchev–Trinajstić information content (AvgIpc) is 2.30. The average molecular weight is 292 g/mol. The third kappa shape index (κ3) is 3.90. The Morgan fingerprint density at radius 3 is 2.39 bits per heavy atom. The van der Waals surface area contributed by atoms with Gasteiger partial charge in [-0.25, -0.2) is 4.98 Å². The largest absolute Gasteiger partial charge is 0.394 e. The Hall–Kier alpha value is -0.710. The number of aliphatic hydroxyl groups excluding tert-OH is 1. The van der Waals surface area contributed by atoms with Crippen LogP contribution in [0.15, 0.2) is 6.07 Å². The first kappa shape index (κ1) is 15.3. The van der Waals surface area contributed by atoms with E-state index in [4.69, 9.17) is 23.2 Å². The molecule has 1 rings (SSSR count). The summed E-state index contributed by atoms with van der Waals surface area (Å²) in [5, 5.41) is 16.4. The molecule has 102 valence electrons. The van der Waals surface area contributed by atoms with Crippen LogP contribution in [0.25, 0.3) is 0 Å². The number of nitrogens with one attached hydrogen (secondary N) is 2. The number of hydrogen-bond donors (Lipinski definition) is 3. The van der Waals surface area contributed by atoms with Gasteiger partial charge < -0.3 is 15.7 Å². The van der Waals surface area contributed by atoms with E-state index in [0.717, 1.165) is 6.54 Å². The lowest BCUT2D eigenvalue weighted by atomic mass is 10.1. The quantitative estimate of drug-likeness (QED) is 0.753. The number of halogens is 2. The summed E-state index contributed by atoms with van der Waals surface area (Å²) in [6.07, 6.45) is 0. The van der Waals surface area contributed by atoms with Crippen molar-refractivity contribution < 1.29 is 5.11 Å². The molecule has 0 aliphatic heterocycles. The fourth-order valence-electron chi connectivity index (χ4n) is 1.46. The minimum Gasteiger partial charge on any atom is -0.394 e. The molecular weight excluding hydrogens is 273 g/mol.